The highest BCUT2D eigenvalue weighted by atomic mass is 16.4. The molecule has 1 unspecified atom stereocenters. The molecule has 0 saturated heterocycles. The summed E-state index contributed by atoms with van der Waals surface area (Å²) < 4.78 is 0. The van der Waals surface area contributed by atoms with Gasteiger partial charge in [0.25, 0.3) is 0 Å². The van der Waals surface area contributed by atoms with Crippen molar-refractivity contribution in [1.29, 1.82) is 0 Å². The van der Waals surface area contributed by atoms with Crippen LogP contribution in [0.2, 0.25) is 0 Å². The summed E-state index contributed by atoms with van der Waals surface area (Å²) in [6, 6.07) is -2.77. The number of carboxylic acid groups (broad SMARTS) is 1. The van der Waals surface area contributed by atoms with Crippen LogP contribution in [-0.2, 0) is 24.0 Å². The van der Waals surface area contributed by atoms with Gasteiger partial charge in [0.15, 0.2) is 0 Å². The molecule has 11 heteroatoms. The van der Waals surface area contributed by atoms with Gasteiger partial charge in [-0.3, -0.25) is 19.2 Å². The maximum Gasteiger partial charge on any atom is 0.326 e. The Kier molecular flexibility index (Phi) is 17.1. The van der Waals surface area contributed by atoms with Crippen molar-refractivity contribution in [2.24, 2.45) is 17.3 Å². The van der Waals surface area contributed by atoms with E-state index < -0.39 is 35.9 Å². The minimum atomic E-state index is -1.16. The summed E-state index contributed by atoms with van der Waals surface area (Å²) in [6.07, 6.45) is 8.23. The van der Waals surface area contributed by atoms with Gasteiger partial charge in [-0.05, 0) is 84.0 Å². The monoisotopic (exact) mass is 637 g/mol. The predicted octanol–water partition coefficient (Wildman–Crippen LogP) is 4.04. The van der Waals surface area contributed by atoms with E-state index in [0.717, 1.165) is 44.9 Å². The number of amides is 4. The second-order valence-electron chi connectivity index (χ2n) is 15.4. The Morgan fingerprint density at radius 1 is 0.800 bits per heavy atom. The van der Waals surface area contributed by atoms with Crippen molar-refractivity contribution < 1.29 is 29.1 Å². The first-order chi connectivity index (χ1) is 20.8. The molecule has 1 aliphatic carbocycles. The van der Waals surface area contributed by atoms with Gasteiger partial charge in [0, 0.05) is 24.5 Å². The van der Waals surface area contributed by atoms with E-state index >= 15 is 0 Å². The smallest absolute Gasteiger partial charge is 0.326 e. The van der Waals surface area contributed by atoms with Crippen molar-refractivity contribution in [3.8, 4) is 0 Å². The number of hydrogen-bond acceptors (Lipinski definition) is 6. The van der Waals surface area contributed by atoms with Gasteiger partial charge < -0.3 is 31.7 Å². The molecule has 0 aliphatic heterocycles. The maximum absolute atomic E-state index is 13.0. The normalized spacial score (nSPS) is 19.0. The SMILES string of the molecule is CC(C)[C@H](NC(=O)CCCCCC(C)(C)C)C(=O)N[C@@H](C)C(=O)N[C@@H](CCCCNC(=O)[C@H]1CCCC1NC(C)(C)C)C(=O)O. The van der Waals surface area contributed by atoms with Crippen molar-refractivity contribution in [2.75, 3.05) is 6.54 Å². The highest BCUT2D eigenvalue weighted by molar-refractivity contribution is 5.93. The van der Waals surface area contributed by atoms with E-state index in [1.807, 2.05) is 13.8 Å². The lowest BCUT2D eigenvalue weighted by atomic mass is 9.89. The van der Waals surface area contributed by atoms with E-state index in [0.29, 0.717) is 25.8 Å². The quantitative estimate of drug-likeness (QED) is 0.116. The van der Waals surface area contributed by atoms with Gasteiger partial charge in [-0.25, -0.2) is 4.79 Å². The zero-order valence-electron chi connectivity index (χ0n) is 29.4. The molecule has 11 nitrogen and oxygen atoms in total. The number of carboxylic acids is 1. The summed E-state index contributed by atoms with van der Waals surface area (Å²) in [5, 5.41) is 24.1. The van der Waals surface area contributed by atoms with E-state index in [1.165, 1.54) is 6.92 Å². The number of carbonyl (C=O) groups is 5. The Bertz CT molecular complexity index is 971. The Morgan fingerprint density at radius 2 is 1.47 bits per heavy atom. The zero-order chi connectivity index (χ0) is 34.4. The van der Waals surface area contributed by atoms with Crippen LogP contribution in [0.3, 0.4) is 0 Å². The van der Waals surface area contributed by atoms with Gasteiger partial charge in [-0.1, -0.05) is 53.9 Å². The Hall–Kier alpha value is -2.69. The molecule has 0 bridgehead atoms. The lowest BCUT2D eigenvalue weighted by Gasteiger charge is -2.29. The summed E-state index contributed by atoms with van der Waals surface area (Å²) in [6.45, 7) is 18.4. The van der Waals surface area contributed by atoms with Crippen LogP contribution in [0.15, 0.2) is 0 Å². The Balaban J connectivity index is 2.48. The molecule has 1 fully saturated rings. The summed E-state index contributed by atoms with van der Waals surface area (Å²) in [5.74, 6) is -2.72. The van der Waals surface area contributed by atoms with Crippen LogP contribution in [0.25, 0.3) is 0 Å². The molecule has 0 spiro atoms. The van der Waals surface area contributed by atoms with Gasteiger partial charge in [0.2, 0.25) is 23.6 Å². The lowest BCUT2D eigenvalue weighted by molar-refractivity contribution is -0.142. The molecule has 6 N–H and O–H groups in total. The van der Waals surface area contributed by atoms with Gasteiger partial charge >= 0.3 is 5.97 Å². The number of carbonyl (C=O) groups excluding carboxylic acids is 4. The third-order valence-corrected chi connectivity index (χ3v) is 8.15. The summed E-state index contributed by atoms with van der Waals surface area (Å²) in [7, 11) is 0. The van der Waals surface area contributed by atoms with Gasteiger partial charge in [-0.15, -0.1) is 0 Å². The van der Waals surface area contributed by atoms with Crippen LogP contribution < -0.4 is 26.6 Å². The fourth-order valence-electron chi connectivity index (χ4n) is 5.64. The van der Waals surface area contributed by atoms with Gasteiger partial charge in [0.1, 0.15) is 18.1 Å². The second-order valence-corrected chi connectivity index (χ2v) is 15.4. The summed E-state index contributed by atoms with van der Waals surface area (Å²) >= 11 is 0. The first-order valence-electron chi connectivity index (χ1n) is 17.0. The molecule has 45 heavy (non-hydrogen) atoms. The first-order valence-corrected chi connectivity index (χ1v) is 17.0. The van der Waals surface area contributed by atoms with E-state index in [1.54, 1.807) is 0 Å². The molecule has 5 atom stereocenters. The van der Waals surface area contributed by atoms with Crippen LogP contribution in [-0.4, -0.2) is 71.0 Å². The highest BCUT2D eigenvalue weighted by Crippen LogP contribution is 2.27. The van der Waals surface area contributed by atoms with Crippen LogP contribution in [0, 0.1) is 17.3 Å². The van der Waals surface area contributed by atoms with Crippen LogP contribution in [0.1, 0.15) is 133 Å². The third-order valence-electron chi connectivity index (χ3n) is 8.15. The van der Waals surface area contributed by atoms with E-state index in [-0.39, 0.29) is 47.1 Å². The summed E-state index contributed by atoms with van der Waals surface area (Å²) in [4.78, 5) is 62.9. The molecule has 0 aromatic carbocycles. The largest absolute Gasteiger partial charge is 0.480 e. The number of hydrogen-bond donors (Lipinski definition) is 6. The third kappa shape index (κ3) is 17.0. The molecule has 1 aliphatic rings. The predicted molar refractivity (Wildman–Crippen MR) is 177 cm³/mol. The van der Waals surface area contributed by atoms with E-state index in [9.17, 15) is 29.1 Å². The number of rotatable bonds is 19. The second kappa shape index (κ2) is 19.1. The molecular weight excluding hydrogens is 574 g/mol. The summed E-state index contributed by atoms with van der Waals surface area (Å²) in [5.41, 5.74) is 0.195. The highest BCUT2D eigenvalue weighted by Gasteiger charge is 2.35. The van der Waals surface area contributed by atoms with Crippen LogP contribution >= 0.6 is 0 Å². The number of aliphatic carboxylic acids is 1. The number of unbranched alkanes of at least 4 members (excludes halogenated alkanes) is 3. The molecule has 0 radical (unpaired) electrons. The van der Waals surface area contributed by atoms with Crippen molar-refractivity contribution in [3.05, 3.63) is 0 Å². The van der Waals surface area contributed by atoms with E-state index in [4.69, 9.17) is 0 Å². The Labute approximate surface area is 271 Å². The molecule has 1 rings (SSSR count). The maximum atomic E-state index is 13.0. The molecule has 0 aromatic heterocycles. The molecule has 0 heterocycles. The Morgan fingerprint density at radius 3 is 2.04 bits per heavy atom. The topological polar surface area (TPSA) is 166 Å². The van der Waals surface area contributed by atoms with Crippen molar-refractivity contribution in [1.82, 2.24) is 26.6 Å². The molecule has 0 aromatic rings. The van der Waals surface area contributed by atoms with E-state index in [2.05, 4.69) is 68.1 Å². The minimum Gasteiger partial charge on any atom is -0.480 e. The fourth-order valence-corrected chi connectivity index (χ4v) is 5.64. The fraction of sp³-hybridized carbons (Fsp3) is 0.853. The number of nitrogens with one attached hydrogen (secondary N) is 5. The lowest BCUT2D eigenvalue weighted by Crippen LogP contribution is -2.56. The standard InChI is InChI=1S/C34H63N5O6/c1-22(2)28(38-27(40)19-11-10-13-20-33(4,5)6)31(43)36-23(3)29(41)37-26(32(44)45)17-12-14-21-35-30(42)24-16-15-18-25(24)39-34(7,8)9/h22-26,28,39H,10-21H2,1-9H3,(H,35,42)(H,36,43)(H,37,41)(H,38,40)(H,44,45)/t23-,24-,25?,26-,28-/m0/s1. The van der Waals surface area contributed by atoms with Crippen molar-refractivity contribution in [3.63, 3.8) is 0 Å². The average molecular weight is 638 g/mol. The van der Waals surface area contributed by atoms with Crippen LogP contribution in [0.5, 0.6) is 0 Å². The molecular formula is C34H63N5O6. The van der Waals surface area contributed by atoms with Crippen molar-refractivity contribution in [2.45, 2.75) is 163 Å². The van der Waals surface area contributed by atoms with Crippen molar-refractivity contribution >= 4 is 29.6 Å². The minimum absolute atomic E-state index is 0.0221. The average Bonchev–Trinajstić information content (AvgIpc) is 3.35. The van der Waals surface area contributed by atoms with Gasteiger partial charge in [0.05, 0.1) is 5.92 Å². The zero-order valence-corrected chi connectivity index (χ0v) is 29.4. The first kappa shape index (κ1) is 40.3. The van der Waals surface area contributed by atoms with Crippen LogP contribution in [0.4, 0.5) is 0 Å². The van der Waals surface area contributed by atoms with Gasteiger partial charge in [-0.2, -0.15) is 0 Å². The molecule has 1 saturated carbocycles. The molecule has 4 amide bonds. The molecule has 260 valence electrons.